The second kappa shape index (κ2) is 8.35. The van der Waals surface area contributed by atoms with Crippen molar-refractivity contribution in [3.05, 3.63) is 75.1 Å². The normalized spacial score (nSPS) is 16.3. The molecule has 1 saturated heterocycles. The minimum absolute atomic E-state index is 0.0880. The Bertz CT molecular complexity index is 1460. The van der Waals surface area contributed by atoms with Gasteiger partial charge in [0.25, 0.3) is 5.91 Å². The summed E-state index contributed by atoms with van der Waals surface area (Å²) in [5.74, 6) is 0.623. The first kappa shape index (κ1) is 21.0. The molecule has 3 aromatic heterocycles. The van der Waals surface area contributed by atoms with E-state index >= 15 is 0 Å². The summed E-state index contributed by atoms with van der Waals surface area (Å²) in [6, 6.07) is 11.6. The highest BCUT2D eigenvalue weighted by Crippen LogP contribution is 2.32. The lowest BCUT2D eigenvalue weighted by Gasteiger charge is -2.33. The third-order valence-corrected chi connectivity index (χ3v) is 7.19. The number of halogens is 1. The SMILES string of the molecule is O=C(c1cc(N2CCC(n3c(=O)[nH]c4ncccc43)CC2)ncn1)N1CCc2cc(Br)ccc21. The Kier molecular flexibility index (Phi) is 5.17. The fourth-order valence-electron chi connectivity index (χ4n) is 5.03. The highest BCUT2D eigenvalue weighted by molar-refractivity contribution is 9.10. The lowest BCUT2D eigenvalue weighted by atomic mass is 10.0. The van der Waals surface area contributed by atoms with E-state index in [-0.39, 0.29) is 17.6 Å². The highest BCUT2D eigenvalue weighted by atomic mass is 79.9. The van der Waals surface area contributed by atoms with E-state index in [0.717, 1.165) is 59.4 Å². The van der Waals surface area contributed by atoms with Crippen LogP contribution < -0.4 is 15.5 Å². The second-order valence-corrected chi connectivity index (χ2v) is 9.55. The number of carbonyl (C=O) groups excluding carboxylic acids is 1. The molecule has 1 aromatic carbocycles. The summed E-state index contributed by atoms with van der Waals surface area (Å²) >= 11 is 3.50. The average Bonchev–Trinajstić information content (AvgIpc) is 3.43. The van der Waals surface area contributed by atoms with E-state index in [9.17, 15) is 9.59 Å². The largest absolute Gasteiger partial charge is 0.356 e. The molecule has 0 radical (unpaired) electrons. The molecule has 0 saturated carbocycles. The Morgan fingerprint density at radius 3 is 2.76 bits per heavy atom. The van der Waals surface area contributed by atoms with Gasteiger partial charge in [0, 0.05) is 48.1 Å². The zero-order valence-electron chi connectivity index (χ0n) is 18.3. The maximum absolute atomic E-state index is 13.3. The zero-order valence-corrected chi connectivity index (χ0v) is 19.9. The van der Waals surface area contributed by atoms with Crippen LogP contribution >= 0.6 is 15.9 Å². The standard InChI is InChI=1S/C24H22BrN7O2/c25-16-3-4-19-15(12-16)5-11-31(19)23(33)18-13-21(28-14-27-18)30-9-6-17(7-10-30)32-20-2-1-8-26-22(20)29-24(32)34/h1-4,8,12-14,17H,5-7,9-11H2,(H,26,29,34). The molecule has 1 amide bonds. The predicted octanol–water partition coefficient (Wildman–Crippen LogP) is 3.32. The summed E-state index contributed by atoms with van der Waals surface area (Å²) in [6.45, 7) is 2.11. The Balaban J connectivity index is 1.19. The molecule has 34 heavy (non-hydrogen) atoms. The van der Waals surface area contributed by atoms with Gasteiger partial charge in [-0.3, -0.25) is 14.3 Å². The molecule has 9 nitrogen and oxygen atoms in total. The van der Waals surface area contributed by atoms with Crippen molar-refractivity contribution < 1.29 is 4.79 Å². The third kappa shape index (κ3) is 3.58. The summed E-state index contributed by atoms with van der Waals surface area (Å²) in [5.41, 5.74) is 3.81. The lowest BCUT2D eigenvalue weighted by Crippen LogP contribution is -2.37. The molecule has 172 valence electrons. The molecule has 6 rings (SSSR count). The molecule has 0 atom stereocenters. The highest BCUT2D eigenvalue weighted by Gasteiger charge is 2.28. The van der Waals surface area contributed by atoms with Gasteiger partial charge in [-0.1, -0.05) is 15.9 Å². The minimum Gasteiger partial charge on any atom is -0.356 e. The average molecular weight is 520 g/mol. The Morgan fingerprint density at radius 1 is 1.06 bits per heavy atom. The van der Waals surface area contributed by atoms with Crippen molar-refractivity contribution in [2.45, 2.75) is 25.3 Å². The van der Waals surface area contributed by atoms with Gasteiger partial charge in [0.15, 0.2) is 5.65 Å². The van der Waals surface area contributed by atoms with Crippen LogP contribution in [0.5, 0.6) is 0 Å². The summed E-state index contributed by atoms with van der Waals surface area (Å²) in [6.07, 6.45) is 5.56. The number of imidazole rings is 1. The molecule has 0 unspecified atom stereocenters. The molecule has 5 heterocycles. The second-order valence-electron chi connectivity index (χ2n) is 8.63. The number of rotatable bonds is 3. The number of nitrogens with one attached hydrogen (secondary N) is 1. The maximum Gasteiger partial charge on any atom is 0.327 e. The molecule has 0 spiro atoms. The van der Waals surface area contributed by atoms with Gasteiger partial charge in [-0.25, -0.2) is 19.7 Å². The van der Waals surface area contributed by atoms with Gasteiger partial charge < -0.3 is 9.80 Å². The first-order valence-electron chi connectivity index (χ1n) is 11.3. The van der Waals surface area contributed by atoms with Crippen LogP contribution in [0, 0.1) is 0 Å². The van der Waals surface area contributed by atoms with Crippen LogP contribution in [0.1, 0.15) is 34.9 Å². The fraction of sp³-hybridized carbons (Fsp3) is 0.292. The van der Waals surface area contributed by atoms with Crippen molar-refractivity contribution in [1.29, 1.82) is 0 Å². The third-order valence-electron chi connectivity index (χ3n) is 6.70. The van der Waals surface area contributed by atoms with Gasteiger partial charge in [0.05, 0.1) is 5.52 Å². The van der Waals surface area contributed by atoms with Crippen LogP contribution in [0.15, 0.2) is 58.2 Å². The van der Waals surface area contributed by atoms with Crippen molar-refractivity contribution in [2.24, 2.45) is 0 Å². The number of amides is 1. The van der Waals surface area contributed by atoms with E-state index in [1.807, 2.05) is 28.8 Å². The van der Waals surface area contributed by atoms with Gasteiger partial charge in [0.1, 0.15) is 17.8 Å². The quantitative estimate of drug-likeness (QED) is 0.445. The number of H-pyrrole nitrogens is 1. The number of aromatic nitrogens is 5. The lowest BCUT2D eigenvalue weighted by molar-refractivity contribution is 0.0984. The molecule has 10 heteroatoms. The topological polar surface area (TPSA) is 100 Å². The van der Waals surface area contributed by atoms with Gasteiger partial charge in [-0.05, 0) is 55.2 Å². The molecular weight excluding hydrogens is 498 g/mol. The van der Waals surface area contributed by atoms with Gasteiger partial charge >= 0.3 is 5.69 Å². The molecule has 2 aliphatic rings. The van der Waals surface area contributed by atoms with E-state index in [0.29, 0.717) is 17.9 Å². The van der Waals surface area contributed by atoms with Crippen LogP contribution in [0.4, 0.5) is 11.5 Å². The first-order valence-corrected chi connectivity index (χ1v) is 12.1. The number of hydrogen-bond donors (Lipinski definition) is 1. The zero-order chi connectivity index (χ0) is 23.2. The molecule has 4 aromatic rings. The monoisotopic (exact) mass is 519 g/mol. The molecule has 0 bridgehead atoms. The number of nitrogens with zero attached hydrogens (tertiary/aromatic N) is 6. The smallest absolute Gasteiger partial charge is 0.327 e. The Morgan fingerprint density at radius 2 is 1.91 bits per heavy atom. The molecule has 2 aliphatic heterocycles. The van der Waals surface area contributed by atoms with E-state index in [2.05, 4.69) is 46.8 Å². The number of hydrogen-bond acceptors (Lipinski definition) is 6. The van der Waals surface area contributed by atoms with E-state index in [1.165, 1.54) is 6.33 Å². The number of carbonyl (C=O) groups is 1. The summed E-state index contributed by atoms with van der Waals surface area (Å²) in [5, 5.41) is 0. The number of pyridine rings is 1. The van der Waals surface area contributed by atoms with Crippen LogP contribution in [-0.4, -0.2) is 50.0 Å². The van der Waals surface area contributed by atoms with E-state index in [4.69, 9.17) is 0 Å². The van der Waals surface area contributed by atoms with Gasteiger partial charge in [-0.15, -0.1) is 0 Å². The summed E-state index contributed by atoms with van der Waals surface area (Å²) in [4.78, 5) is 45.5. The summed E-state index contributed by atoms with van der Waals surface area (Å²) < 4.78 is 2.83. The van der Waals surface area contributed by atoms with Crippen molar-refractivity contribution in [2.75, 3.05) is 29.4 Å². The first-order chi connectivity index (χ1) is 16.6. The van der Waals surface area contributed by atoms with Crippen molar-refractivity contribution >= 4 is 44.5 Å². The number of fused-ring (bicyclic) bond motifs is 2. The van der Waals surface area contributed by atoms with Crippen LogP contribution in [0.3, 0.4) is 0 Å². The van der Waals surface area contributed by atoms with Crippen LogP contribution in [0.25, 0.3) is 11.2 Å². The summed E-state index contributed by atoms with van der Waals surface area (Å²) in [7, 11) is 0. The van der Waals surface area contributed by atoms with Crippen molar-refractivity contribution in [3.63, 3.8) is 0 Å². The molecular formula is C24H22BrN7O2. The molecule has 1 fully saturated rings. The van der Waals surface area contributed by atoms with E-state index < -0.39 is 0 Å². The predicted molar refractivity (Wildman–Crippen MR) is 132 cm³/mol. The number of benzene rings is 1. The Hall–Kier alpha value is -3.53. The van der Waals surface area contributed by atoms with Crippen LogP contribution in [-0.2, 0) is 6.42 Å². The maximum atomic E-state index is 13.3. The minimum atomic E-state index is -0.125. The van der Waals surface area contributed by atoms with E-state index in [1.54, 1.807) is 17.2 Å². The van der Waals surface area contributed by atoms with Crippen LogP contribution in [0.2, 0.25) is 0 Å². The van der Waals surface area contributed by atoms with Gasteiger partial charge in [-0.2, -0.15) is 0 Å². The number of aromatic amines is 1. The molecule has 1 N–H and O–H groups in total. The number of piperidine rings is 1. The Labute approximate surface area is 203 Å². The number of anilines is 2. The van der Waals surface area contributed by atoms with Crippen molar-refractivity contribution in [1.82, 2.24) is 24.5 Å². The molecule has 0 aliphatic carbocycles. The fourth-order valence-corrected chi connectivity index (χ4v) is 5.44. The van der Waals surface area contributed by atoms with Crippen molar-refractivity contribution in [3.8, 4) is 0 Å². The van der Waals surface area contributed by atoms with Gasteiger partial charge in [0.2, 0.25) is 0 Å².